The van der Waals surface area contributed by atoms with Gasteiger partial charge in [0.1, 0.15) is 0 Å². The van der Waals surface area contributed by atoms with Crippen LogP contribution in [0.5, 0.6) is 0 Å². The van der Waals surface area contributed by atoms with E-state index in [1.165, 1.54) is 5.56 Å². The van der Waals surface area contributed by atoms with Crippen LogP contribution in [0, 0.1) is 6.92 Å². The molecule has 0 radical (unpaired) electrons. The standard InChI is InChI=1S/C10H12Cl2/c1-8-7-9(3-2-6-11)4-5-10(8)12/h4-5,7H,2-3,6H2,1H3. The van der Waals surface area contributed by atoms with Gasteiger partial charge in [-0.1, -0.05) is 23.7 Å². The van der Waals surface area contributed by atoms with Crippen LogP contribution in [0.1, 0.15) is 17.5 Å². The maximum absolute atomic E-state index is 5.89. The van der Waals surface area contributed by atoms with E-state index in [9.17, 15) is 0 Å². The zero-order valence-electron chi connectivity index (χ0n) is 7.11. The molecule has 0 unspecified atom stereocenters. The molecule has 0 saturated carbocycles. The molecular weight excluding hydrogens is 191 g/mol. The Bertz CT molecular complexity index is 256. The monoisotopic (exact) mass is 202 g/mol. The molecule has 0 spiro atoms. The lowest BCUT2D eigenvalue weighted by Crippen LogP contribution is -1.87. The van der Waals surface area contributed by atoms with Crippen LogP contribution >= 0.6 is 23.2 Å². The maximum Gasteiger partial charge on any atom is 0.0435 e. The molecule has 12 heavy (non-hydrogen) atoms. The lowest BCUT2D eigenvalue weighted by atomic mass is 10.1. The van der Waals surface area contributed by atoms with Gasteiger partial charge in [0.2, 0.25) is 0 Å². The van der Waals surface area contributed by atoms with E-state index in [0.29, 0.717) is 0 Å². The third-order valence-corrected chi connectivity index (χ3v) is 2.51. The molecule has 0 N–H and O–H groups in total. The van der Waals surface area contributed by atoms with Crippen LogP contribution < -0.4 is 0 Å². The van der Waals surface area contributed by atoms with Gasteiger partial charge in [0, 0.05) is 10.9 Å². The van der Waals surface area contributed by atoms with Gasteiger partial charge in [-0.3, -0.25) is 0 Å². The fourth-order valence-corrected chi connectivity index (χ4v) is 1.38. The third kappa shape index (κ3) is 2.69. The van der Waals surface area contributed by atoms with Crippen molar-refractivity contribution in [2.24, 2.45) is 0 Å². The third-order valence-electron chi connectivity index (χ3n) is 1.82. The second-order valence-corrected chi connectivity index (χ2v) is 3.66. The predicted octanol–water partition coefficient (Wildman–Crippen LogP) is 3.82. The van der Waals surface area contributed by atoms with Gasteiger partial charge in [0.05, 0.1) is 0 Å². The number of rotatable bonds is 3. The van der Waals surface area contributed by atoms with Gasteiger partial charge in [-0.25, -0.2) is 0 Å². The van der Waals surface area contributed by atoms with Gasteiger partial charge in [0.25, 0.3) is 0 Å². The summed E-state index contributed by atoms with van der Waals surface area (Å²) in [5.74, 6) is 0.724. The normalized spacial score (nSPS) is 10.2. The quantitative estimate of drug-likeness (QED) is 0.655. The molecule has 0 aliphatic carbocycles. The molecule has 2 heteroatoms. The molecule has 0 saturated heterocycles. The van der Waals surface area contributed by atoms with Gasteiger partial charge in [0.15, 0.2) is 0 Å². The molecule has 66 valence electrons. The minimum Gasteiger partial charge on any atom is -0.127 e. The highest BCUT2D eigenvalue weighted by atomic mass is 35.5. The molecule has 0 heterocycles. The smallest absolute Gasteiger partial charge is 0.0435 e. The first kappa shape index (κ1) is 9.88. The summed E-state index contributed by atoms with van der Waals surface area (Å²) in [6, 6.07) is 6.12. The molecule has 0 aliphatic rings. The molecule has 1 aromatic rings. The van der Waals surface area contributed by atoms with Crippen LogP contribution in [0.3, 0.4) is 0 Å². The molecule has 0 aromatic heterocycles. The second kappa shape index (κ2) is 4.74. The maximum atomic E-state index is 5.89. The van der Waals surface area contributed by atoms with E-state index in [4.69, 9.17) is 23.2 Å². The van der Waals surface area contributed by atoms with Crippen molar-refractivity contribution >= 4 is 23.2 Å². The first-order valence-corrected chi connectivity index (χ1v) is 4.96. The van der Waals surface area contributed by atoms with Gasteiger partial charge < -0.3 is 0 Å². The van der Waals surface area contributed by atoms with Crippen molar-refractivity contribution in [3.05, 3.63) is 34.3 Å². The Morgan fingerprint density at radius 3 is 2.67 bits per heavy atom. The lowest BCUT2D eigenvalue weighted by Gasteiger charge is -2.02. The van der Waals surface area contributed by atoms with E-state index in [2.05, 4.69) is 12.1 Å². The van der Waals surface area contributed by atoms with E-state index in [-0.39, 0.29) is 0 Å². The average Bonchev–Trinajstić information content (AvgIpc) is 2.07. The zero-order chi connectivity index (χ0) is 8.97. The Kier molecular flexibility index (Phi) is 3.90. The number of hydrogen-bond donors (Lipinski definition) is 0. The van der Waals surface area contributed by atoms with E-state index >= 15 is 0 Å². The summed E-state index contributed by atoms with van der Waals surface area (Å²) in [5.41, 5.74) is 2.46. The molecule has 0 amide bonds. The summed E-state index contributed by atoms with van der Waals surface area (Å²) in [5, 5.41) is 0.838. The van der Waals surface area contributed by atoms with Crippen LogP contribution in [0.15, 0.2) is 18.2 Å². The summed E-state index contributed by atoms with van der Waals surface area (Å²) >= 11 is 11.5. The Labute approximate surface area is 83.5 Å². The first-order valence-electron chi connectivity index (χ1n) is 4.05. The number of alkyl halides is 1. The number of aryl methyl sites for hydroxylation is 2. The molecular formula is C10H12Cl2. The summed E-state index contributed by atoms with van der Waals surface area (Å²) in [6.45, 7) is 2.02. The number of hydrogen-bond acceptors (Lipinski definition) is 0. The molecule has 1 rings (SSSR count). The summed E-state index contributed by atoms with van der Waals surface area (Å²) in [4.78, 5) is 0. The molecule has 0 aliphatic heterocycles. The molecule has 1 aromatic carbocycles. The summed E-state index contributed by atoms with van der Waals surface area (Å²) in [6.07, 6.45) is 2.07. The van der Waals surface area contributed by atoms with E-state index < -0.39 is 0 Å². The minimum absolute atomic E-state index is 0.724. The average molecular weight is 203 g/mol. The van der Waals surface area contributed by atoms with Crippen molar-refractivity contribution < 1.29 is 0 Å². The van der Waals surface area contributed by atoms with Crippen LogP contribution in [-0.4, -0.2) is 5.88 Å². The lowest BCUT2D eigenvalue weighted by molar-refractivity contribution is 0.927. The van der Waals surface area contributed by atoms with Crippen LogP contribution in [-0.2, 0) is 6.42 Å². The fraction of sp³-hybridized carbons (Fsp3) is 0.400. The van der Waals surface area contributed by atoms with Gasteiger partial charge in [-0.05, 0) is 37.0 Å². The highest BCUT2D eigenvalue weighted by molar-refractivity contribution is 6.31. The first-order chi connectivity index (χ1) is 5.74. The Balaban J connectivity index is 2.69. The Hall–Kier alpha value is -0.200. The van der Waals surface area contributed by atoms with Crippen molar-refractivity contribution in [2.75, 3.05) is 5.88 Å². The fourth-order valence-electron chi connectivity index (χ4n) is 1.13. The number of benzene rings is 1. The van der Waals surface area contributed by atoms with E-state index in [0.717, 1.165) is 29.3 Å². The second-order valence-electron chi connectivity index (χ2n) is 2.88. The largest absolute Gasteiger partial charge is 0.127 e. The topological polar surface area (TPSA) is 0 Å². The highest BCUT2D eigenvalue weighted by Crippen LogP contribution is 2.17. The summed E-state index contributed by atoms with van der Waals surface area (Å²) in [7, 11) is 0. The minimum atomic E-state index is 0.724. The van der Waals surface area contributed by atoms with Crippen molar-refractivity contribution in [2.45, 2.75) is 19.8 Å². The number of halogens is 2. The highest BCUT2D eigenvalue weighted by Gasteiger charge is 1.96. The van der Waals surface area contributed by atoms with Gasteiger partial charge >= 0.3 is 0 Å². The summed E-state index contributed by atoms with van der Waals surface area (Å²) < 4.78 is 0. The van der Waals surface area contributed by atoms with Crippen LogP contribution in [0.4, 0.5) is 0 Å². The SMILES string of the molecule is Cc1cc(CCCCl)ccc1Cl. The van der Waals surface area contributed by atoms with E-state index in [1.807, 2.05) is 13.0 Å². The molecule has 0 atom stereocenters. The van der Waals surface area contributed by atoms with Gasteiger partial charge in [-0.2, -0.15) is 0 Å². The van der Waals surface area contributed by atoms with Gasteiger partial charge in [-0.15, -0.1) is 11.6 Å². The molecule has 0 nitrogen and oxygen atoms in total. The molecule has 0 bridgehead atoms. The Morgan fingerprint density at radius 2 is 2.08 bits per heavy atom. The van der Waals surface area contributed by atoms with Crippen molar-refractivity contribution in [1.29, 1.82) is 0 Å². The van der Waals surface area contributed by atoms with Crippen molar-refractivity contribution in [3.63, 3.8) is 0 Å². The Morgan fingerprint density at radius 1 is 1.33 bits per heavy atom. The van der Waals surface area contributed by atoms with Crippen LogP contribution in [0.2, 0.25) is 5.02 Å². The van der Waals surface area contributed by atoms with Crippen molar-refractivity contribution in [1.82, 2.24) is 0 Å². The van der Waals surface area contributed by atoms with E-state index in [1.54, 1.807) is 0 Å². The van der Waals surface area contributed by atoms with Crippen LogP contribution in [0.25, 0.3) is 0 Å². The zero-order valence-corrected chi connectivity index (χ0v) is 8.62. The van der Waals surface area contributed by atoms with Crippen molar-refractivity contribution in [3.8, 4) is 0 Å². The molecule has 0 fully saturated rings. The predicted molar refractivity (Wildman–Crippen MR) is 55.2 cm³/mol.